The zero-order valence-corrected chi connectivity index (χ0v) is 16.3. The van der Waals surface area contributed by atoms with Crippen LogP contribution in [0.1, 0.15) is 43.0 Å². The monoisotopic (exact) mass is 389 g/mol. The van der Waals surface area contributed by atoms with Gasteiger partial charge in [-0.15, -0.1) is 0 Å². The van der Waals surface area contributed by atoms with Gasteiger partial charge in [0.15, 0.2) is 0 Å². The van der Waals surface area contributed by atoms with Crippen molar-refractivity contribution in [3.63, 3.8) is 0 Å². The Kier molecular flexibility index (Phi) is 5.93. The van der Waals surface area contributed by atoms with Gasteiger partial charge < -0.3 is 15.4 Å². The lowest BCUT2D eigenvalue weighted by atomic mass is 9.74. The number of nitrogens with zero attached hydrogens (tertiary/aromatic N) is 1. The van der Waals surface area contributed by atoms with Crippen molar-refractivity contribution < 1.29 is 18.3 Å². The van der Waals surface area contributed by atoms with Crippen molar-refractivity contribution in [1.82, 2.24) is 10.3 Å². The van der Waals surface area contributed by atoms with E-state index in [1.54, 1.807) is 19.1 Å². The molecule has 1 aromatic carbocycles. The number of aromatic nitrogens is 1. The van der Waals surface area contributed by atoms with Crippen molar-refractivity contribution in [2.75, 3.05) is 18.4 Å². The van der Waals surface area contributed by atoms with Crippen LogP contribution in [0, 0.1) is 6.92 Å². The second-order valence-electron chi connectivity index (χ2n) is 7.39. The summed E-state index contributed by atoms with van der Waals surface area (Å²) in [6.45, 7) is 4.01. The Balaban J connectivity index is 1.98. The Bertz CT molecular complexity index is 849. The first-order valence-corrected chi connectivity index (χ1v) is 9.37. The lowest BCUT2D eigenvalue weighted by Crippen LogP contribution is -2.43. The summed E-state index contributed by atoms with van der Waals surface area (Å²) < 4.78 is 30.1. The van der Waals surface area contributed by atoms with Crippen LogP contribution in [-0.4, -0.2) is 30.6 Å². The Morgan fingerprint density at radius 1 is 1.25 bits per heavy atom. The Labute approximate surface area is 163 Å². The molecule has 7 heteroatoms. The molecule has 2 aromatic rings. The number of halogens is 2. The van der Waals surface area contributed by atoms with Crippen molar-refractivity contribution in [2.45, 2.75) is 45.1 Å². The average Bonchev–Trinajstić information content (AvgIpc) is 3.14. The first-order chi connectivity index (χ1) is 13.3. The Hall–Kier alpha value is -2.54. The number of aryl methyl sites for hydroxylation is 1. The third-order valence-electron chi connectivity index (χ3n) is 5.14. The number of anilines is 1. The molecule has 28 heavy (non-hydrogen) atoms. The highest BCUT2D eigenvalue weighted by Gasteiger charge is 2.44. The molecular weight excluding hydrogens is 364 g/mol. The molecule has 1 atom stereocenters. The summed E-state index contributed by atoms with van der Waals surface area (Å²) in [7, 11) is 0. The molecule has 1 fully saturated rings. The van der Waals surface area contributed by atoms with Crippen LogP contribution in [0.5, 0.6) is 5.88 Å². The van der Waals surface area contributed by atoms with Gasteiger partial charge >= 0.3 is 6.61 Å². The van der Waals surface area contributed by atoms with E-state index in [2.05, 4.69) is 34.2 Å². The minimum Gasteiger partial charge on any atom is -0.415 e. The third-order valence-corrected chi connectivity index (χ3v) is 5.14. The van der Waals surface area contributed by atoms with E-state index in [0.717, 1.165) is 11.1 Å². The van der Waals surface area contributed by atoms with E-state index in [0.29, 0.717) is 25.2 Å². The van der Waals surface area contributed by atoms with Crippen LogP contribution in [0.4, 0.5) is 14.5 Å². The summed E-state index contributed by atoms with van der Waals surface area (Å²) in [6, 6.07) is 11.1. The quantitative estimate of drug-likeness (QED) is 0.784. The van der Waals surface area contributed by atoms with E-state index >= 15 is 0 Å². The van der Waals surface area contributed by atoms with Gasteiger partial charge in [-0.2, -0.15) is 8.78 Å². The summed E-state index contributed by atoms with van der Waals surface area (Å²) in [6.07, 6.45) is 0.618. The van der Waals surface area contributed by atoms with E-state index in [1.807, 2.05) is 24.3 Å². The molecule has 5 nitrogen and oxygen atoms in total. The topological polar surface area (TPSA) is 63.2 Å². The molecule has 2 N–H and O–H groups in total. The fourth-order valence-electron chi connectivity index (χ4n) is 3.72. The second-order valence-corrected chi connectivity index (χ2v) is 7.39. The smallest absolute Gasteiger partial charge is 0.388 e. The second kappa shape index (κ2) is 8.22. The molecule has 150 valence electrons. The van der Waals surface area contributed by atoms with Crippen molar-refractivity contribution in [3.05, 3.63) is 53.2 Å². The highest BCUT2D eigenvalue weighted by Crippen LogP contribution is 2.38. The van der Waals surface area contributed by atoms with Crippen LogP contribution < -0.4 is 15.4 Å². The number of rotatable bonds is 6. The number of hydrogen-bond acceptors (Lipinski definition) is 4. The van der Waals surface area contributed by atoms with E-state index < -0.39 is 12.0 Å². The molecule has 1 amide bonds. The SMILES string of the molecule is Cc1ccc(NC(=O)C2(c3ccccc3C(C)C)CCNC2)c(OC(F)F)n1. The zero-order valence-electron chi connectivity index (χ0n) is 16.3. The van der Waals surface area contributed by atoms with Crippen molar-refractivity contribution in [1.29, 1.82) is 0 Å². The maximum absolute atomic E-state index is 13.4. The molecule has 2 heterocycles. The fraction of sp³-hybridized carbons (Fsp3) is 0.429. The molecule has 1 aromatic heterocycles. The lowest BCUT2D eigenvalue weighted by molar-refractivity contribution is -0.121. The number of alkyl halides is 2. The first kappa shape index (κ1) is 20.2. The summed E-state index contributed by atoms with van der Waals surface area (Å²) in [5.41, 5.74) is 1.95. The molecule has 0 bridgehead atoms. The van der Waals surface area contributed by atoms with Crippen molar-refractivity contribution in [2.24, 2.45) is 0 Å². The van der Waals surface area contributed by atoms with E-state index in [1.165, 1.54) is 0 Å². The molecular formula is C21H25F2N3O2. The van der Waals surface area contributed by atoms with Gasteiger partial charge in [-0.25, -0.2) is 4.98 Å². The summed E-state index contributed by atoms with van der Waals surface area (Å²) in [5.74, 6) is -0.280. The van der Waals surface area contributed by atoms with Crippen LogP contribution in [0.2, 0.25) is 0 Å². The van der Waals surface area contributed by atoms with Gasteiger partial charge in [-0.05, 0) is 49.1 Å². The molecule has 1 unspecified atom stereocenters. The summed E-state index contributed by atoms with van der Waals surface area (Å²) in [5, 5.41) is 6.06. The largest absolute Gasteiger partial charge is 0.415 e. The first-order valence-electron chi connectivity index (χ1n) is 9.37. The van der Waals surface area contributed by atoms with Gasteiger partial charge in [-0.1, -0.05) is 38.1 Å². The predicted molar refractivity (Wildman–Crippen MR) is 104 cm³/mol. The molecule has 0 aliphatic carbocycles. The predicted octanol–water partition coefficient (Wildman–Crippen LogP) is 3.98. The average molecular weight is 389 g/mol. The van der Waals surface area contributed by atoms with Crippen LogP contribution in [0.3, 0.4) is 0 Å². The maximum Gasteiger partial charge on any atom is 0.388 e. The highest BCUT2D eigenvalue weighted by atomic mass is 19.3. The van der Waals surface area contributed by atoms with E-state index in [9.17, 15) is 13.6 Å². The van der Waals surface area contributed by atoms with Gasteiger partial charge in [-0.3, -0.25) is 4.79 Å². The van der Waals surface area contributed by atoms with Gasteiger partial charge in [0.05, 0.1) is 5.41 Å². The van der Waals surface area contributed by atoms with E-state index in [-0.39, 0.29) is 23.4 Å². The van der Waals surface area contributed by atoms with Gasteiger partial charge in [0.25, 0.3) is 0 Å². The van der Waals surface area contributed by atoms with Gasteiger partial charge in [0, 0.05) is 12.2 Å². The summed E-state index contributed by atoms with van der Waals surface area (Å²) in [4.78, 5) is 17.4. The third kappa shape index (κ3) is 3.99. The molecule has 1 aliphatic heterocycles. The molecule has 3 rings (SSSR count). The molecule has 0 saturated carbocycles. The maximum atomic E-state index is 13.4. The number of amides is 1. The standard InChI is InChI=1S/C21H25F2N3O2/c1-13(2)15-6-4-5-7-16(15)21(10-11-24-12-21)19(27)26-17-9-8-14(3)25-18(17)28-20(22)23/h4-9,13,20,24H,10-12H2,1-3H3,(H,26,27). The number of pyridine rings is 1. The zero-order chi connectivity index (χ0) is 20.3. The van der Waals surface area contributed by atoms with Crippen LogP contribution in [0.15, 0.2) is 36.4 Å². The molecule has 0 radical (unpaired) electrons. The molecule has 1 aliphatic rings. The highest BCUT2D eigenvalue weighted by molar-refractivity contribution is 6.00. The number of benzene rings is 1. The van der Waals surface area contributed by atoms with E-state index in [4.69, 9.17) is 0 Å². The summed E-state index contributed by atoms with van der Waals surface area (Å²) >= 11 is 0. The minimum absolute atomic E-state index is 0.143. The Morgan fingerprint density at radius 2 is 2.00 bits per heavy atom. The minimum atomic E-state index is -3.02. The van der Waals surface area contributed by atoms with Crippen molar-refractivity contribution in [3.8, 4) is 5.88 Å². The number of carbonyl (C=O) groups excluding carboxylic acids is 1. The van der Waals surface area contributed by atoms with Crippen LogP contribution >= 0.6 is 0 Å². The van der Waals surface area contributed by atoms with Gasteiger partial charge in [0.2, 0.25) is 11.8 Å². The molecule has 0 spiro atoms. The fourth-order valence-corrected chi connectivity index (χ4v) is 3.72. The normalized spacial score (nSPS) is 19.2. The lowest BCUT2D eigenvalue weighted by Gasteiger charge is -2.31. The van der Waals surface area contributed by atoms with Crippen molar-refractivity contribution >= 4 is 11.6 Å². The van der Waals surface area contributed by atoms with Crippen LogP contribution in [-0.2, 0) is 10.2 Å². The Morgan fingerprint density at radius 3 is 2.64 bits per heavy atom. The number of hydrogen-bond donors (Lipinski definition) is 2. The number of nitrogens with one attached hydrogen (secondary N) is 2. The molecule has 1 saturated heterocycles. The number of carbonyl (C=O) groups is 1. The van der Waals surface area contributed by atoms with Gasteiger partial charge in [0.1, 0.15) is 5.69 Å². The van der Waals surface area contributed by atoms with Crippen LogP contribution in [0.25, 0.3) is 0 Å². The number of ether oxygens (including phenoxy) is 1.